The summed E-state index contributed by atoms with van der Waals surface area (Å²) in [6.07, 6.45) is 0. The number of fused-ring (bicyclic) bond motifs is 1. The second-order valence-corrected chi connectivity index (χ2v) is 6.81. The molecule has 2 aromatic heterocycles. The summed E-state index contributed by atoms with van der Waals surface area (Å²) in [6.45, 7) is 3.60. The normalized spacial score (nSPS) is 10.9. The third kappa shape index (κ3) is 3.93. The van der Waals surface area contributed by atoms with E-state index in [0.29, 0.717) is 28.5 Å². The predicted octanol–water partition coefficient (Wildman–Crippen LogP) is 3.87. The minimum atomic E-state index is -0.613. The van der Waals surface area contributed by atoms with E-state index in [4.69, 9.17) is 9.26 Å². The van der Waals surface area contributed by atoms with E-state index < -0.39 is 11.7 Å². The average Bonchev–Trinajstić information content (AvgIpc) is 3.09. The highest BCUT2D eigenvalue weighted by Crippen LogP contribution is 2.27. The zero-order chi connectivity index (χ0) is 21.3. The van der Waals surface area contributed by atoms with Crippen LogP contribution in [0.4, 0.5) is 10.1 Å². The summed E-state index contributed by atoms with van der Waals surface area (Å²) in [6, 6.07) is 13.9. The zero-order valence-corrected chi connectivity index (χ0v) is 16.3. The van der Waals surface area contributed by atoms with Crippen LogP contribution in [-0.2, 0) is 6.61 Å². The number of hydrogen-bond donors (Lipinski definition) is 1. The molecule has 0 unspecified atom stereocenters. The second kappa shape index (κ2) is 7.82. The molecule has 0 aliphatic heterocycles. The van der Waals surface area contributed by atoms with Crippen LogP contribution < -0.4 is 15.6 Å². The number of nitrogens with zero attached hydrogens (tertiary/aromatic N) is 2. The second-order valence-electron chi connectivity index (χ2n) is 6.81. The number of halogens is 1. The molecule has 7 nitrogen and oxygen atoms in total. The molecular weight excluding hydrogens is 389 g/mol. The molecule has 0 aliphatic rings. The fourth-order valence-electron chi connectivity index (χ4n) is 2.99. The van der Waals surface area contributed by atoms with E-state index in [2.05, 4.69) is 10.3 Å². The number of aromatic nitrogens is 2. The molecule has 0 radical (unpaired) electrons. The van der Waals surface area contributed by atoms with Crippen LogP contribution in [-0.4, -0.2) is 15.5 Å². The average molecular weight is 407 g/mol. The Bertz CT molecular complexity index is 1310. The monoisotopic (exact) mass is 407 g/mol. The molecule has 0 saturated carbocycles. The first-order valence-corrected chi connectivity index (χ1v) is 9.19. The zero-order valence-electron chi connectivity index (χ0n) is 16.3. The minimum absolute atomic E-state index is 0.00197. The molecule has 2 heterocycles. The van der Waals surface area contributed by atoms with Gasteiger partial charge in [-0.2, -0.15) is 0 Å². The molecule has 0 atom stereocenters. The van der Waals surface area contributed by atoms with E-state index >= 15 is 0 Å². The summed E-state index contributed by atoms with van der Waals surface area (Å²) in [5.41, 5.74) is 1.65. The summed E-state index contributed by atoms with van der Waals surface area (Å²) in [5, 5.41) is 2.67. The van der Waals surface area contributed by atoms with Gasteiger partial charge in [0.2, 0.25) is 0 Å². The summed E-state index contributed by atoms with van der Waals surface area (Å²) >= 11 is 0. The summed E-state index contributed by atoms with van der Waals surface area (Å²) in [5.74, 6) is -0.258. The van der Waals surface area contributed by atoms with Gasteiger partial charge in [-0.3, -0.25) is 9.59 Å². The van der Waals surface area contributed by atoms with Gasteiger partial charge in [0.15, 0.2) is 5.65 Å². The van der Waals surface area contributed by atoms with Crippen molar-refractivity contribution >= 4 is 17.2 Å². The van der Waals surface area contributed by atoms with Gasteiger partial charge in [0.25, 0.3) is 11.5 Å². The Morgan fingerprint density at radius 2 is 1.97 bits per heavy atom. The lowest BCUT2D eigenvalue weighted by atomic mass is 10.1. The molecule has 2 aromatic carbocycles. The van der Waals surface area contributed by atoms with E-state index in [1.807, 2.05) is 6.92 Å². The third-order valence-corrected chi connectivity index (χ3v) is 4.40. The highest BCUT2D eigenvalue weighted by Gasteiger charge is 2.14. The highest BCUT2D eigenvalue weighted by molar-refractivity contribution is 6.05. The molecule has 0 aliphatic carbocycles. The van der Waals surface area contributed by atoms with Crippen LogP contribution in [0.2, 0.25) is 0 Å². The van der Waals surface area contributed by atoms with Gasteiger partial charge in [-0.05, 0) is 43.7 Å². The Morgan fingerprint density at radius 3 is 2.77 bits per heavy atom. The highest BCUT2D eigenvalue weighted by atomic mass is 19.1. The van der Waals surface area contributed by atoms with E-state index in [9.17, 15) is 14.0 Å². The SMILES string of the molecule is Cc1ccc(NC(=O)c2ccccc2F)c(OCc2cc(=O)n3oc(C)cc3n2)c1. The molecule has 0 spiro atoms. The van der Waals surface area contributed by atoms with Crippen molar-refractivity contribution in [2.75, 3.05) is 5.32 Å². The maximum Gasteiger partial charge on any atom is 0.287 e. The maximum atomic E-state index is 13.9. The molecule has 0 saturated heterocycles. The first-order valence-electron chi connectivity index (χ1n) is 9.19. The topological polar surface area (TPSA) is 85.8 Å². The van der Waals surface area contributed by atoms with Gasteiger partial charge in [0, 0.05) is 12.1 Å². The lowest BCUT2D eigenvalue weighted by Crippen LogP contribution is -2.16. The van der Waals surface area contributed by atoms with E-state index in [0.717, 1.165) is 10.1 Å². The van der Waals surface area contributed by atoms with Crippen molar-refractivity contribution in [3.05, 3.63) is 93.3 Å². The molecule has 8 heteroatoms. The number of anilines is 1. The van der Waals surface area contributed by atoms with Crippen molar-refractivity contribution in [2.24, 2.45) is 0 Å². The lowest BCUT2D eigenvalue weighted by molar-refractivity contribution is 0.102. The first-order chi connectivity index (χ1) is 14.4. The molecule has 0 fully saturated rings. The predicted molar refractivity (Wildman–Crippen MR) is 108 cm³/mol. The standard InChI is InChI=1S/C22H18FN3O4/c1-13-7-8-18(25-22(28)16-5-3-4-6-17(16)23)19(9-13)29-12-15-11-21(27)26-20(24-15)10-14(2)30-26/h3-11H,12H2,1-2H3,(H,25,28). The van der Waals surface area contributed by atoms with Gasteiger partial charge < -0.3 is 14.6 Å². The summed E-state index contributed by atoms with van der Waals surface area (Å²) in [4.78, 5) is 29.0. The fourth-order valence-corrected chi connectivity index (χ4v) is 2.99. The van der Waals surface area contributed by atoms with Gasteiger partial charge in [-0.1, -0.05) is 18.2 Å². The van der Waals surface area contributed by atoms with Crippen molar-refractivity contribution in [3.63, 3.8) is 0 Å². The number of aryl methyl sites for hydroxylation is 2. The number of carbonyl (C=O) groups excluding carboxylic acids is 1. The Hall–Kier alpha value is -3.94. The number of benzene rings is 2. The third-order valence-electron chi connectivity index (χ3n) is 4.40. The van der Waals surface area contributed by atoms with Crippen LogP contribution in [0, 0.1) is 19.7 Å². The number of amides is 1. The van der Waals surface area contributed by atoms with Crippen LogP contribution in [0.1, 0.15) is 27.4 Å². The number of ether oxygens (including phenoxy) is 1. The Labute approximate surface area is 170 Å². The number of rotatable bonds is 5. The van der Waals surface area contributed by atoms with E-state index in [1.165, 1.54) is 24.3 Å². The van der Waals surface area contributed by atoms with E-state index in [1.54, 1.807) is 37.3 Å². The van der Waals surface area contributed by atoms with Crippen LogP contribution in [0.3, 0.4) is 0 Å². The van der Waals surface area contributed by atoms with Crippen molar-refractivity contribution in [1.82, 2.24) is 9.56 Å². The van der Waals surface area contributed by atoms with Crippen molar-refractivity contribution in [2.45, 2.75) is 20.5 Å². The fraction of sp³-hybridized carbons (Fsp3) is 0.136. The largest absolute Gasteiger partial charge is 0.485 e. The summed E-state index contributed by atoms with van der Waals surface area (Å²) in [7, 11) is 0. The van der Waals surface area contributed by atoms with Crippen LogP contribution in [0.15, 0.2) is 63.9 Å². The minimum Gasteiger partial charge on any atom is -0.485 e. The molecule has 4 aromatic rings. The lowest BCUT2D eigenvalue weighted by Gasteiger charge is -2.13. The Morgan fingerprint density at radius 1 is 1.17 bits per heavy atom. The molecule has 1 amide bonds. The van der Waals surface area contributed by atoms with Crippen molar-refractivity contribution < 1.29 is 18.4 Å². The Balaban J connectivity index is 1.57. The smallest absolute Gasteiger partial charge is 0.287 e. The van der Waals surface area contributed by atoms with Crippen LogP contribution >= 0.6 is 0 Å². The quantitative estimate of drug-likeness (QED) is 0.543. The van der Waals surface area contributed by atoms with Gasteiger partial charge >= 0.3 is 0 Å². The Kier molecular flexibility index (Phi) is 5.05. The number of nitrogens with one attached hydrogen (secondary N) is 1. The number of hydrogen-bond acceptors (Lipinski definition) is 5. The van der Waals surface area contributed by atoms with Crippen molar-refractivity contribution in [1.29, 1.82) is 0 Å². The molecule has 30 heavy (non-hydrogen) atoms. The molecular formula is C22H18FN3O4. The molecule has 4 rings (SSSR count). The maximum absolute atomic E-state index is 13.9. The van der Waals surface area contributed by atoms with Gasteiger partial charge in [0.05, 0.1) is 16.9 Å². The van der Waals surface area contributed by atoms with Crippen LogP contribution in [0.5, 0.6) is 5.75 Å². The molecule has 1 N–H and O–H groups in total. The van der Waals surface area contributed by atoms with Gasteiger partial charge in [0.1, 0.15) is 23.9 Å². The molecule has 152 valence electrons. The van der Waals surface area contributed by atoms with Crippen LogP contribution in [0.25, 0.3) is 5.65 Å². The van der Waals surface area contributed by atoms with Crippen molar-refractivity contribution in [3.8, 4) is 5.75 Å². The van der Waals surface area contributed by atoms with Gasteiger partial charge in [-0.15, -0.1) is 4.57 Å². The van der Waals surface area contributed by atoms with Gasteiger partial charge in [-0.25, -0.2) is 9.37 Å². The molecule has 0 bridgehead atoms. The summed E-state index contributed by atoms with van der Waals surface area (Å²) < 4.78 is 26.1. The van der Waals surface area contributed by atoms with E-state index in [-0.39, 0.29) is 17.7 Å². The first kappa shape index (κ1) is 19.4. The number of carbonyl (C=O) groups is 1.